The van der Waals surface area contributed by atoms with Crippen molar-refractivity contribution in [3.8, 4) is 5.75 Å². The van der Waals surface area contributed by atoms with Crippen molar-refractivity contribution >= 4 is 44.7 Å². The van der Waals surface area contributed by atoms with Gasteiger partial charge in [-0.1, -0.05) is 0 Å². The number of fused-ring (bicyclic) bond motifs is 4. The summed E-state index contributed by atoms with van der Waals surface area (Å²) in [6.45, 7) is 3.98. The van der Waals surface area contributed by atoms with Crippen LogP contribution in [0, 0.1) is 5.92 Å². The summed E-state index contributed by atoms with van der Waals surface area (Å²) in [5.74, 6) is 1.96. The molecule has 0 aliphatic heterocycles. The Morgan fingerprint density at radius 1 is 1.32 bits per heavy atom. The number of aromatic nitrogens is 5. The lowest BCUT2D eigenvalue weighted by Gasteiger charge is -2.23. The summed E-state index contributed by atoms with van der Waals surface area (Å²) < 4.78 is 7.16. The average Bonchev–Trinajstić information content (AvgIpc) is 3.36. The molecule has 1 aliphatic carbocycles. The first-order valence-corrected chi connectivity index (χ1v) is 11.1. The van der Waals surface area contributed by atoms with E-state index in [1.165, 1.54) is 10.4 Å². The van der Waals surface area contributed by atoms with E-state index in [2.05, 4.69) is 30.7 Å². The van der Waals surface area contributed by atoms with Gasteiger partial charge in [0.25, 0.3) is 0 Å². The molecule has 1 atom stereocenters. The number of ether oxygens (including phenoxy) is 1. The predicted octanol–water partition coefficient (Wildman–Crippen LogP) is 3.12. The molecule has 10 heteroatoms. The van der Waals surface area contributed by atoms with Crippen LogP contribution < -0.4 is 15.4 Å². The van der Waals surface area contributed by atoms with Gasteiger partial charge in [-0.25, -0.2) is 19.5 Å². The summed E-state index contributed by atoms with van der Waals surface area (Å²) in [7, 11) is 1.60. The first kappa shape index (κ1) is 19.7. The molecule has 0 spiro atoms. The van der Waals surface area contributed by atoms with E-state index < -0.39 is 0 Å². The quantitative estimate of drug-likeness (QED) is 0.494. The molecule has 0 radical (unpaired) electrons. The molecule has 160 valence electrons. The molecular formula is C21H23N7O2S. The summed E-state index contributed by atoms with van der Waals surface area (Å²) in [4.78, 5) is 28.3. The van der Waals surface area contributed by atoms with Crippen molar-refractivity contribution < 1.29 is 9.53 Å². The maximum atomic E-state index is 12.5. The Bertz CT molecular complexity index is 1280. The number of methoxy groups -OCH3 is 1. The molecule has 4 heterocycles. The lowest BCUT2D eigenvalue weighted by Crippen LogP contribution is -2.37. The Hall–Kier alpha value is -3.27. The Labute approximate surface area is 182 Å². The van der Waals surface area contributed by atoms with Crippen LogP contribution in [0.2, 0.25) is 0 Å². The van der Waals surface area contributed by atoms with Crippen LogP contribution in [0.3, 0.4) is 0 Å². The van der Waals surface area contributed by atoms with Crippen molar-refractivity contribution in [1.82, 2.24) is 29.9 Å². The zero-order chi connectivity index (χ0) is 21.5. The number of rotatable bonds is 5. The SMILES string of the molecule is COc1cn2nccc2nc1Nc1ncnc2sc3c(c12)CC[C@H](C(=O)NC(C)C)C3. The van der Waals surface area contributed by atoms with E-state index >= 15 is 0 Å². The number of hydrogen-bond donors (Lipinski definition) is 2. The summed E-state index contributed by atoms with van der Waals surface area (Å²) in [5, 5.41) is 11.6. The molecule has 1 amide bonds. The smallest absolute Gasteiger partial charge is 0.223 e. The normalized spacial score (nSPS) is 15.9. The number of hydrogen-bond acceptors (Lipinski definition) is 8. The van der Waals surface area contributed by atoms with Crippen molar-refractivity contribution in [2.45, 2.75) is 39.2 Å². The second-order valence-electron chi connectivity index (χ2n) is 7.93. The van der Waals surface area contributed by atoms with Crippen LogP contribution in [0.4, 0.5) is 11.6 Å². The Morgan fingerprint density at radius 3 is 3.00 bits per heavy atom. The second-order valence-corrected chi connectivity index (χ2v) is 9.01. The van der Waals surface area contributed by atoms with E-state index in [9.17, 15) is 4.79 Å². The molecule has 5 rings (SSSR count). The van der Waals surface area contributed by atoms with E-state index in [0.29, 0.717) is 23.0 Å². The van der Waals surface area contributed by atoms with Crippen LogP contribution in [0.25, 0.3) is 15.9 Å². The van der Waals surface area contributed by atoms with Gasteiger partial charge in [0.2, 0.25) is 5.91 Å². The van der Waals surface area contributed by atoms with Crippen LogP contribution in [-0.2, 0) is 17.6 Å². The standard InChI is InChI=1S/C21H23N7O2S/c1-11(2)25-20(29)12-4-5-13-15(8-12)31-21-17(13)19(22-10-23-21)27-18-14(30-3)9-28-16(26-18)6-7-24-28/h6-7,9-12H,4-5,8H2,1-3H3,(H,25,29)(H,22,23,26,27)/t12-/m0/s1. The number of nitrogens with one attached hydrogen (secondary N) is 2. The van der Waals surface area contributed by atoms with Crippen molar-refractivity contribution in [3.63, 3.8) is 0 Å². The lowest BCUT2D eigenvalue weighted by molar-refractivity contribution is -0.125. The maximum absolute atomic E-state index is 12.5. The van der Waals surface area contributed by atoms with E-state index in [1.54, 1.807) is 41.7 Å². The fraction of sp³-hybridized carbons (Fsp3) is 0.381. The van der Waals surface area contributed by atoms with Crippen LogP contribution in [-0.4, -0.2) is 43.6 Å². The van der Waals surface area contributed by atoms with Gasteiger partial charge in [-0.15, -0.1) is 11.3 Å². The van der Waals surface area contributed by atoms with Gasteiger partial charge in [-0.3, -0.25) is 4.79 Å². The van der Waals surface area contributed by atoms with Crippen molar-refractivity contribution in [2.75, 3.05) is 12.4 Å². The molecule has 1 aliphatic rings. The molecule has 2 N–H and O–H groups in total. The summed E-state index contributed by atoms with van der Waals surface area (Å²) in [6.07, 6.45) is 7.39. The number of nitrogens with zero attached hydrogens (tertiary/aromatic N) is 5. The average molecular weight is 438 g/mol. The number of aryl methyl sites for hydroxylation is 1. The largest absolute Gasteiger partial charge is 0.491 e. The van der Waals surface area contributed by atoms with Crippen LogP contribution in [0.15, 0.2) is 24.8 Å². The van der Waals surface area contributed by atoms with Crippen LogP contribution in [0.5, 0.6) is 5.75 Å². The molecule has 0 saturated carbocycles. The third kappa shape index (κ3) is 3.56. The molecule has 0 fully saturated rings. The molecule has 31 heavy (non-hydrogen) atoms. The Morgan fingerprint density at radius 2 is 2.19 bits per heavy atom. The maximum Gasteiger partial charge on any atom is 0.223 e. The van der Waals surface area contributed by atoms with Crippen LogP contribution in [0.1, 0.15) is 30.7 Å². The third-order valence-corrected chi connectivity index (χ3v) is 6.61. The van der Waals surface area contributed by atoms with Gasteiger partial charge in [0.05, 0.1) is 24.9 Å². The van der Waals surface area contributed by atoms with Gasteiger partial charge in [0.1, 0.15) is 17.0 Å². The molecule has 4 aromatic heterocycles. The van der Waals surface area contributed by atoms with Gasteiger partial charge < -0.3 is 15.4 Å². The highest BCUT2D eigenvalue weighted by atomic mass is 32.1. The lowest BCUT2D eigenvalue weighted by atomic mass is 9.87. The van der Waals surface area contributed by atoms with Gasteiger partial charge >= 0.3 is 0 Å². The van der Waals surface area contributed by atoms with E-state index in [1.807, 2.05) is 19.9 Å². The summed E-state index contributed by atoms with van der Waals surface area (Å²) in [5.41, 5.74) is 1.93. The molecular weight excluding hydrogens is 414 g/mol. The van der Waals surface area contributed by atoms with Gasteiger partial charge in [0.15, 0.2) is 17.2 Å². The Kier molecular flexibility index (Phi) is 4.93. The fourth-order valence-corrected chi connectivity index (χ4v) is 5.29. The highest BCUT2D eigenvalue weighted by molar-refractivity contribution is 7.19. The zero-order valence-electron chi connectivity index (χ0n) is 17.5. The topological polar surface area (TPSA) is 106 Å². The van der Waals surface area contributed by atoms with E-state index in [0.717, 1.165) is 29.5 Å². The highest BCUT2D eigenvalue weighted by Crippen LogP contribution is 2.41. The molecule has 0 aromatic carbocycles. The number of anilines is 2. The number of carbonyl (C=O) groups is 1. The second kappa shape index (κ2) is 7.77. The molecule has 0 unspecified atom stereocenters. The van der Waals surface area contributed by atoms with E-state index in [-0.39, 0.29) is 17.9 Å². The molecule has 0 bridgehead atoms. The fourth-order valence-electron chi connectivity index (χ4n) is 4.02. The first-order chi connectivity index (χ1) is 15.0. The minimum absolute atomic E-state index is 0.00151. The Balaban J connectivity index is 1.51. The monoisotopic (exact) mass is 437 g/mol. The highest BCUT2D eigenvalue weighted by Gasteiger charge is 2.29. The number of carbonyl (C=O) groups excluding carboxylic acids is 1. The number of thiophene rings is 1. The van der Waals surface area contributed by atoms with E-state index in [4.69, 9.17) is 4.74 Å². The third-order valence-electron chi connectivity index (χ3n) is 5.45. The minimum Gasteiger partial charge on any atom is -0.491 e. The van der Waals surface area contributed by atoms with Crippen molar-refractivity contribution in [3.05, 3.63) is 35.2 Å². The van der Waals surface area contributed by atoms with Crippen molar-refractivity contribution in [1.29, 1.82) is 0 Å². The zero-order valence-corrected chi connectivity index (χ0v) is 18.4. The number of amides is 1. The summed E-state index contributed by atoms with van der Waals surface area (Å²) in [6, 6.07) is 1.98. The summed E-state index contributed by atoms with van der Waals surface area (Å²) >= 11 is 1.64. The first-order valence-electron chi connectivity index (χ1n) is 10.2. The van der Waals surface area contributed by atoms with Gasteiger partial charge in [-0.05, 0) is 38.7 Å². The molecule has 9 nitrogen and oxygen atoms in total. The van der Waals surface area contributed by atoms with Gasteiger partial charge in [-0.2, -0.15) is 5.10 Å². The van der Waals surface area contributed by atoms with Crippen LogP contribution >= 0.6 is 11.3 Å². The minimum atomic E-state index is -0.00151. The van der Waals surface area contributed by atoms with Crippen molar-refractivity contribution in [2.24, 2.45) is 5.92 Å². The molecule has 4 aromatic rings. The van der Waals surface area contributed by atoms with Gasteiger partial charge in [0, 0.05) is 22.9 Å². The molecule has 0 saturated heterocycles. The predicted molar refractivity (Wildman–Crippen MR) is 119 cm³/mol.